The minimum atomic E-state index is -0.330. The highest BCUT2D eigenvalue weighted by atomic mass is 32.1. The smallest absolute Gasteiger partial charge is 0.358 e. The molecule has 0 aromatic carbocycles. The Morgan fingerprint density at radius 2 is 2.37 bits per heavy atom. The fourth-order valence-electron chi connectivity index (χ4n) is 2.14. The van der Waals surface area contributed by atoms with Crippen LogP contribution in [-0.4, -0.2) is 43.4 Å². The topological polar surface area (TPSA) is 51.7 Å². The summed E-state index contributed by atoms with van der Waals surface area (Å²) in [6, 6.07) is 0.342. The summed E-state index contributed by atoms with van der Waals surface area (Å²) < 4.78 is 10.5. The van der Waals surface area contributed by atoms with Crippen molar-refractivity contribution < 1.29 is 14.3 Å². The van der Waals surface area contributed by atoms with E-state index in [1.807, 2.05) is 6.92 Å². The monoisotopic (exact) mass is 284 g/mol. The molecular formula is C13H20N2O3S. The number of hydrogen-bond donors (Lipinski definition) is 0. The number of nitrogens with zero attached hydrogens (tertiary/aromatic N) is 2. The van der Waals surface area contributed by atoms with Gasteiger partial charge in [0.25, 0.3) is 0 Å². The quantitative estimate of drug-likeness (QED) is 0.794. The molecule has 0 saturated carbocycles. The Bertz CT molecular complexity index is 447. The first-order valence-corrected chi connectivity index (χ1v) is 7.47. The van der Waals surface area contributed by atoms with Crippen molar-refractivity contribution in [2.45, 2.75) is 33.2 Å². The molecule has 1 saturated heterocycles. The Labute approximate surface area is 117 Å². The van der Waals surface area contributed by atoms with E-state index in [9.17, 15) is 4.79 Å². The predicted molar refractivity (Wildman–Crippen MR) is 75.1 cm³/mol. The number of morpholine rings is 1. The molecular weight excluding hydrogens is 264 g/mol. The van der Waals surface area contributed by atoms with E-state index >= 15 is 0 Å². The minimum Gasteiger partial charge on any atom is -0.461 e. The van der Waals surface area contributed by atoms with Crippen molar-refractivity contribution in [3.63, 3.8) is 0 Å². The van der Waals surface area contributed by atoms with Crippen molar-refractivity contribution in [1.29, 1.82) is 0 Å². The van der Waals surface area contributed by atoms with Gasteiger partial charge in [-0.1, -0.05) is 6.92 Å². The molecule has 0 amide bonds. The molecule has 1 aliphatic rings. The number of aryl methyl sites for hydroxylation is 1. The van der Waals surface area contributed by atoms with E-state index in [1.54, 1.807) is 18.3 Å². The molecule has 5 nitrogen and oxygen atoms in total. The molecule has 1 aliphatic heterocycles. The van der Waals surface area contributed by atoms with Crippen molar-refractivity contribution >= 4 is 22.4 Å². The Kier molecular flexibility index (Phi) is 4.76. The van der Waals surface area contributed by atoms with E-state index < -0.39 is 0 Å². The van der Waals surface area contributed by atoms with Crippen molar-refractivity contribution in [2.24, 2.45) is 0 Å². The van der Waals surface area contributed by atoms with Gasteiger partial charge in [-0.05, 0) is 20.3 Å². The van der Waals surface area contributed by atoms with Crippen LogP contribution >= 0.6 is 11.3 Å². The Morgan fingerprint density at radius 3 is 3.05 bits per heavy atom. The third-order valence-electron chi connectivity index (χ3n) is 3.20. The number of aromatic nitrogens is 1. The van der Waals surface area contributed by atoms with Crippen LogP contribution in [0.2, 0.25) is 0 Å². The summed E-state index contributed by atoms with van der Waals surface area (Å²) in [5, 5.41) is 0.899. The van der Waals surface area contributed by atoms with E-state index in [1.165, 1.54) is 0 Å². The third-order valence-corrected chi connectivity index (χ3v) is 4.21. The molecule has 0 spiro atoms. The third kappa shape index (κ3) is 3.06. The molecule has 0 bridgehead atoms. The zero-order valence-electron chi connectivity index (χ0n) is 11.6. The van der Waals surface area contributed by atoms with Crippen LogP contribution in [0, 0.1) is 6.92 Å². The Morgan fingerprint density at radius 1 is 1.58 bits per heavy atom. The molecule has 1 fully saturated rings. The predicted octanol–water partition coefficient (Wildman–Crippen LogP) is 2.24. The molecule has 1 aromatic heterocycles. The largest absolute Gasteiger partial charge is 0.461 e. The highest BCUT2D eigenvalue weighted by Gasteiger charge is 2.26. The second-order valence-corrected chi connectivity index (χ2v) is 5.63. The number of ether oxygens (including phenoxy) is 2. The van der Waals surface area contributed by atoms with Gasteiger partial charge in [0.2, 0.25) is 0 Å². The maximum atomic E-state index is 11.8. The SMILES string of the molecule is CCOC(=O)c1nc(N2CCOCC2CC)sc1C. The number of thiazole rings is 1. The fourth-order valence-corrected chi connectivity index (χ4v) is 3.13. The van der Waals surface area contributed by atoms with Gasteiger partial charge in [0.15, 0.2) is 10.8 Å². The van der Waals surface area contributed by atoms with Crippen LogP contribution in [0.25, 0.3) is 0 Å². The average molecular weight is 284 g/mol. The number of esters is 1. The maximum Gasteiger partial charge on any atom is 0.358 e. The molecule has 0 radical (unpaired) electrons. The van der Waals surface area contributed by atoms with Crippen LogP contribution in [0.1, 0.15) is 35.6 Å². The summed E-state index contributed by atoms with van der Waals surface area (Å²) in [7, 11) is 0. The van der Waals surface area contributed by atoms with Crippen molar-refractivity contribution in [2.75, 3.05) is 31.3 Å². The van der Waals surface area contributed by atoms with Gasteiger partial charge >= 0.3 is 5.97 Å². The van der Waals surface area contributed by atoms with Gasteiger partial charge in [-0.25, -0.2) is 9.78 Å². The van der Waals surface area contributed by atoms with E-state index in [0.717, 1.165) is 29.6 Å². The van der Waals surface area contributed by atoms with Crippen molar-refractivity contribution in [3.05, 3.63) is 10.6 Å². The summed E-state index contributed by atoms with van der Waals surface area (Å²) in [5.41, 5.74) is 0.447. The van der Waals surface area contributed by atoms with Crippen LogP contribution < -0.4 is 4.90 Å². The van der Waals surface area contributed by atoms with E-state index in [4.69, 9.17) is 9.47 Å². The summed E-state index contributed by atoms with van der Waals surface area (Å²) >= 11 is 1.55. The average Bonchev–Trinajstić information content (AvgIpc) is 2.81. The lowest BCUT2D eigenvalue weighted by Gasteiger charge is -2.34. The lowest BCUT2D eigenvalue weighted by atomic mass is 10.2. The number of carbonyl (C=O) groups excluding carboxylic acids is 1. The van der Waals surface area contributed by atoms with Crippen LogP contribution in [0.4, 0.5) is 5.13 Å². The van der Waals surface area contributed by atoms with Crippen LogP contribution in [0.5, 0.6) is 0 Å². The van der Waals surface area contributed by atoms with Gasteiger partial charge in [-0.2, -0.15) is 0 Å². The van der Waals surface area contributed by atoms with Crippen LogP contribution in [-0.2, 0) is 9.47 Å². The zero-order valence-corrected chi connectivity index (χ0v) is 12.5. The van der Waals surface area contributed by atoms with Crippen molar-refractivity contribution in [1.82, 2.24) is 4.98 Å². The Hall–Kier alpha value is -1.14. The molecule has 1 aromatic rings. The molecule has 0 aliphatic carbocycles. The summed E-state index contributed by atoms with van der Waals surface area (Å²) in [6.07, 6.45) is 1.01. The van der Waals surface area contributed by atoms with Crippen LogP contribution in [0.15, 0.2) is 0 Å². The van der Waals surface area contributed by atoms with Gasteiger partial charge < -0.3 is 14.4 Å². The van der Waals surface area contributed by atoms with Gasteiger partial charge in [-0.15, -0.1) is 11.3 Å². The lowest BCUT2D eigenvalue weighted by molar-refractivity contribution is 0.0519. The van der Waals surface area contributed by atoms with E-state index in [2.05, 4.69) is 16.8 Å². The standard InChI is InChI=1S/C13H20N2O3S/c1-4-10-8-17-7-6-15(10)13-14-11(9(3)19-13)12(16)18-5-2/h10H,4-8H2,1-3H3. The number of hydrogen-bond acceptors (Lipinski definition) is 6. The molecule has 6 heteroatoms. The van der Waals surface area contributed by atoms with Crippen molar-refractivity contribution in [3.8, 4) is 0 Å². The van der Waals surface area contributed by atoms with E-state index in [-0.39, 0.29) is 5.97 Å². The minimum absolute atomic E-state index is 0.330. The zero-order chi connectivity index (χ0) is 13.8. The summed E-state index contributed by atoms with van der Waals surface area (Å²) in [6.45, 7) is 8.49. The summed E-state index contributed by atoms with van der Waals surface area (Å²) in [5.74, 6) is -0.330. The fraction of sp³-hybridized carbons (Fsp3) is 0.692. The highest BCUT2D eigenvalue weighted by molar-refractivity contribution is 7.15. The summed E-state index contributed by atoms with van der Waals surface area (Å²) in [4.78, 5) is 19.4. The molecule has 2 rings (SSSR count). The normalized spacial score (nSPS) is 19.5. The van der Waals surface area contributed by atoms with Crippen LogP contribution in [0.3, 0.4) is 0 Å². The molecule has 19 heavy (non-hydrogen) atoms. The van der Waals surface area contributed by atoms with Gasteiger partial charge in [-0.3, -0.25) is 0 Å². The number of rotatable bonds is 4. The Balaban J connectivity index is 2.20. The molecule has 1 atom stereocenters. The highest BCUT2D eigenvalue weighted by Crippen LogP contribution is 2.29. The molecule has 106 valence electrons. The van der Waals surface area contributed by atoms with E-state index in [0.29, 0.717) is 24.9 Å². The maximum absolute atomic E-state index is 11.8. The first-order chi connectivity index (χ1) is 9.17. The molecule has 0 N–H and O–H groups in total. The first-order valence-electron chi connectivity index (χ1n) is 6.66. The molecule has 1 unspecified atom stereocenters. The molecule has 2 heterocycles. The lowest BCUT2D eigenvalue weighted by Crippen LogP contribution is -2.45. The second kappa shape index (κ2) is 6.34. The van der Waals surface area contributed by atoms with Gasteiger partial charge in [0, 0.05) is 11.4 Å². The first kappa shape index (κ1) is 14.3. The number of anilines is 1. The van der Waals surface area contributed by atoms with Gasteiger partial charge in [0.1, 0.15) is 0 Å². The second-order valence-electron chi connectivity index (χ2n) is 4.45. The van der Waals surface area contributed by atoms with Gasteiger partial charge in [0.05, 0.1) is 25.9 Å². The number of carbonyl (C=O) groups is 1.